The monoisotopic (exact) mass is 458 g/mol. The molecule has 0 radical (unpaired) electrons. The molecule has 5 rings (SSSR count). The maximum absolute atomic E-state index is 13.7. The number of aromatic nitrogens is 3. The van der Waals surface area contributed by atoms with Crippen LogP contribution in [0.4, 0.5) is 5.69 Å². The molecule has 0 saturated carbocycles. The number of hydrogen-bond acceptors (Lipinski definition) is 4. The van der Waals surface area contributed by atoms with Crippen LogP contribution in [0.2, 0.25) is 0 Å². The van der Waals surface area contributed by atoms with Crippen LogP contribution in [0, 0.1) is 0 Å². The fraction of sp³-hybridized carbons (Fsp3) is 0.333. The fourth-order valence-electron chi connectivity index (χ4n) is 4.84. The van der Waals surface area contributed by atoms with E-state index in [-0.39, 0.29) is 17.3 Å². The number of rotatable bonds is 5. The zero-order chi connectivity index (χ0) is 23.8. The molecule has 0 atom stereocenters. The van der Waals surface area contributed by atoms with Crippen molar-refractivity contribution >= 4 is 16.6 Å². The van der Waals surface area contributed by atoms with Crippen molar-refractivity contribution in [1.82, 2.24) is 13.7 Å². The zero-order valence-corrected chi connectivity index (χ0v) is 19.9. The molecule has 0 amide bonds. The van der Waals surface area contributed by atoms with Crippen molar-refractivity contribution in [3.05, 3.63) is 81.6 Å². The Balaban J connectivity index is 1.87. The minimum absolute atomic E-state index is 0.00321. The van der Waals surface area contributed by atoms with Gasteiger partial charge in [-0.05, 0) is 26.8 Å². The Labute approximate surface area is 198 Å². The summed E-state index contributed by atoms with van der Waals surface area (Å²) in [7, 11) is 0. The summed E-state index contributed by atoms with van der Waals surface area (Å²) in [5.41, 5.74) is 3.96. The van der Waals surface area contributed by atoms with E-state index in [0.29, 0.717) is 19.8 Å². The first-order valence-electron chi connectivity index (χ1n) is 11.9. The van der Waals surface area contributed by atoms with Gasteiger partial charge < -0.3 is 14.2 Å². The summed E-state index contributed by atoms with van der Waals surface area (Å²) >= 11 is 0. The largest absolute Gasteiger partial charge is 0.378 e. The Kier molecular flexibility index (Phi) is 5.87. The van der Waals surface area contributed by atoms with Crippen molar-refractivity contribution in [2.75, 3.05) is 31.2 Å². The third kappa shape index (κ3) is 3.66. The van der Waals surface area contributed by atoms with Crippen LogP contribution in [0.25, 0.3) is 27.8 Å². The Morgan fingerprint density at radius 3 is 2.35 bits per heavy atom. The quantitative estimate of drug-likeness (QED) is 0.453. The number of morpholine rings is 1. The van der Waals surface area contributed by atoms with E-state index in [4.69, 9.17) is 4.74 Å². The van der Waals surface area contributed by atoms with Crippen molar-refractivity contribution in [3.8, 4) is 16.9 Å². The van der Waals surface area contributed by atoms with Crippen molar-refractivity contribution in [2.45, 2.75) is 33.4 Å². The highest BCUT2D eigenvalue weighted by molar-refractivity contribution is 5.97. The van der Waals surface area contributed by atoms with Gasteiger partial charge in [-0.15, -0.1) is 0 Å². The SMILES string of the molecule is CCn1c(=O)cc(N2CCOCC2)c2cccc(-n3c(-c4ccccc4)cn(C(C)C)c3=O)c21. The number of ether oxygens (including phenoxy) is 1. The second kappa shape index (κ2) is 8.99. The first-order valence-corrected chi connectivity index (χ1v) is 11.9. The molecule has 0 unspecified atom stereocenters. The second-order valence-corrected chi connectivity index (χ2v) is 8.88. The molecule has 34 heavy (non-hydrogen) atoms. The van der Waals surface area contributed by atoms with Gasteiger partial charge in [-0.2, -0.15) is 0 Å². The molecule has 7 heteroatoms. The van der Waals surface area contributed by atoms with E-state index in [2.05, 4.69) is 4.90 Å². The van der Waals surface area contributed by atoms with E-state index in [0.717, 1.165) is 46.6 Å². The van der Waals surface area contributed by atoms with Crippen LogP contribution >= 0.6 is 0 Å². The number of hydrogen-bond donors (Lipinski definition) is 0. The molecular formula is C27H30N4O3. The van der Waals surface area contributed by atoms with Crippen LogP contribution in [0.1, 0.15) is 26.8 Å². The Hall–Kier alpha value is -3.58. The number of imidazole rings is 1. The molecule has 0 bridgehead atoms. The molecule has 0 aliphatic carbocycles. The first kappa shape index (κ1) is 22.2. The van der Waals surface area contributed by atoms with Gasteiger partial charge >= 0.3 is 5.69 Å². The van der Waals surface area contributed by atoms with E-state index in [1.165, 1.54) is 0 Å². The minimum Gasteiger partial charge on any atom is -0.378 e. The third-order valence-corrected chi connectivity index (χ3v) is 6.54. The molecule has 0 N–H and O–H groups in total. The topological polar surface area (TPSA) is 61.4 Å². The van der Waals surface area contributed by atoms with E-state index < -0.39 is 0 Å². The molecule has 1 aliphatic heterocycles. The lowest BCUT2D eigenvalue weighted by Gasteiger charge is -2.30. The highest BCUT2D eigenvalue weighted by atomic mass is 16.5. The molecule has 1 saturated heterocycles. The van der Waals surface area contributed by atoms with Crippen molar-refractivity contribution in [1.29, 1.82) is 0 Å². The van der Waals surface area contributed by atoms with Crippen LogP contribution in [0.3, 0.4) is 0 Å². The molecule has 0 spiro atoms. The number of fused-ring (bicyclic) bond motifs is 1. The van der Waals surface area contributed by atoms with E-state index in [1.54, 1.807) is 19.8 Å². The Bertz CT molecular complexity index is 1440. The lowest BCUT2D eigenvalue weighted by atomic mass is 10.1. The molecule has 2 aromatic carbocycles. The summed E-state index contributed by atoms with van der Waals surface area (Å²) in [4.78, 5) is 29.2. The molecule has 1 fully saturated rings. The zero-order valence-electron chi connectivity index (χ0n) is 19.9. The normalized spacial score (nSPS) is 14.3. The first-order chi connectivity index (χ1) is 16.5. The van der Waals surface area contributed by atoms with Crippen molar-refractivity contribution in [3.63, 3.8) is 0 Å². The standard InChI is InChI=1S/C27H30N4O3/c1-4-29-25(32)17-23(28-13-15-34-16-14-28)21-11-8-12-22(26(21)29)31-24(20-9-6-5-7-10-20)18-30(19(2)3)27(31)33/h5-12,17-19H,4,13-16H2,1-3H3. The van der Waals surface area contributed by atoms with Gasteiger partial charge in [-0.1, -0.05) is 42.5 Å². The number of para-hydroxylation sites is 1. The van der Waals surface area contributed by atoms with Gasteiger partial charge in [0.2, 0.25) is 0 Å². The van der Waals surface area contributed by atoms with E-state index >= 15 is 0 Å². The Morgan fingerprint density at radius 2 is 1.68 bits per heavy atom. The second-order valence-electron chi connectivity index (χ2n) is 8.88. The minimum atomic E-state index is -0.117. The lowest BCUT2D eigenvalue weighted by Crippen LogP contribution is -2.37. The summed E-state index contributed by atoms with van der Waals surface area (Å²) in [6.07, 6.45) is 1.92. The highest BCUT2D eigenvalue weighted by Gasteiger charge is 2.22. The molecule has 7 nitrogen and oxygen atoms in total. The van der Waals surface area contributed by atoms with Crippen LogP contribution in [-0.2, 0) is 11.3 Å². The lowest BCUT2D eigenvalue weighted by molar-refractivity contribution is 0.123. The van der Waals surface area contributed by atoms with Gasteiger partial charge in [0.1, 0.15) is 0 Å². The summed E-state index contributed by atoms with van der Waals surface area (Å²) in [6, 6.07) is 17.6. The van der Waals surface area contributed by atoms with Gasteiger partial charge in [0.15, 0.2) is 0 Å². The summed E-state index contributed by atoms with van der Waals surface area (Å²) in [6.45, 7) is 9.20. The predicted molar refractivity (Wildman–Crippen MR) is 136 cm³/mol. The van der Waals surface area contributed by atoms with Gasteiger partial charge in [0.05, 0.1) is 35.8 Å². The molecule has 176 valence electrons. The Morgan fingerprint density at radius 1 is 0.941 bits per heavy atom. The molecule has 2 aromatic heterocycles. The van der Waals surface area contributed by atoms with Gasteiger partial charge in [-0.25, -0.2) is 4.79 Å². The molecule has 3 heterocycles. The van der Waals surface area contributed by atoms with E-state index in [1.807, 2.05) is 75.5 Å². The molecule has 4 aromatic rings. The van der Waals surface area contributed by atoms with E-state index in [9.17, 15) is 9.59 Å². The molecule has 1 aliphatic rings. The number of nitrogens with zero attached hydrogens (tertiary/aromatic N) is 4. The maximum atomic E-state index is 13.7. The summed E-state index contributed by atoms with van der Waals surface area (Å²) < 4.78 is 10.8. The highest BCUT2D eigenvalue weighted by Crippen LogP contribution is 2.32. The third-order valence-electron chi connectivity index (χ3n) is 6.54. The smallest absolute Gasteiger partial charge is 0.333 e. The van der Waals surface area contributed by atoms with Crippen LogP contribution in [0.5, 0.6) is 0 Å². The number of benzene rings is 2. The van der Waals surface area contributed by atoms with Crippen LogP contribution in [0.15, 0.2) is 70.4 Å². The fourth-order valence-corrected chi connectivity index (χ4v) is 4.84. The number of pyridine rings is 1. The van der Waals surface area contributed by atoms with Gasteiger partial charge in [-0.3, -0.25) is 13.9 Å². The number of anilines is 1. The van der Waals surface area contributed by atoms with Crippen LogP contribution in [-0.4, -0.2) is 40.0 Å². The average molecular weight is 459 g/mol. The van der Waals surface area contributed by atoms with Crippen molar-refractivity contribution in [2.24, 2.45) is 0 Å². The van der Waals surface area contributed by atoms with Crippen LogP contribution < -0.4 is 16.1 Å². The van der Waals surface area contributed by atoms with Crippen molar-refractivity contribution < 1.29 is 4.74 Å². The average Bonchev–Trinajstić information content (AvgIpc) is 3.21. The maximum Gasteiger partial charge on any atom is 0.333 e. The summed E-state index contributed by atoms with van der Waals surface area (Å²) in [5.74, 6) is 0. The number of aryl methyl sites for hydroxylation is 1. The molecular weight excluding hydrogens is 428 g/mol. The summed E-state index contributed by atoms with van der Waals surface area (Å²) in [5, 5.41) is 0.962. The predicted octanol–water partition coefficient (Wildman–Crippen LogP) is 4.06. The van der Waals surface area contributed by atoms with Gasteiger partial charge in [0, 0.05) is 48.9 Å². The van der Waals surface area contributed by atoms with Gasteiger partial charge in [0.25, 0.3) is 5.56 Å².